The lowest BCUT2D eigenvalue weighted by Gasteiger charge is -2.09. The van der Waals surface area contributed by atoms with Crippen LogP contribution in [0.15, 0.2) is 4.52 Å². The Kier molecular flexibility index (Phi) is 5.47. The smallest absolute Gasteiger partial charge is 0.326 e. The Morgan fingerprint density at radius 1 is 1.71 bits per heavy atom. The molecule has 0 aliphatic rings. The van der Waals surface area contributed by atoms with Gasteiger partial charge in [0, 0.05) is 6.92 Å². The van der Waals surface area contributed by atoms with E-state index in [1.807, 2.05) is 0 Å². The molecule has 7 nitrogen and oxygen atoms in total. The number of carbonyl (C=O) groups is 2. The first-order valence-electron chi connectivity index (χ1n) is 4.93. The SMILES string of the molecule is Cc1nc(CSCCC(NC=O)C(=O)O)no1. The highest BCUT2D eigenvalue weighted by Gasteiger charge is 2.15. The van der Waals surface area contributed by atoms with Crippen molar-refractivity contribution in [2.75, 3.05) is 5.75 Å². The lowest BCUT2D eigenvalue weighted by Crippen LogP contribution is -2.36. The van der Waals surface area contributed by atoms with Gasteiger partial charge in [-0.2, -0.15) is 16.7 Å². The van der Waals surface area contributed by atoms with Crippen molar-refractivity contribution in [1.82, 2.24) is 15.5 Å². The molecule has 0 spiro atoms. The van der Waals surface area contributed by atoms with Crippen LogP contribution in [-0.2, 0) is 15.3 Å². The summed E-state index contributed by atoms with van der Waals surface area (Å²) in [5.74, 6) is 1.21. The molecule has 1 aromatic heterocycles. The number of hydrogen-bond acceptors (Lipinski definition) is 6. The number of thioether (sulfide) groups is 1. The highest BCUT2D eigenvalue weighted by molar-refractivity contribution is 7.98. The van der Waals surface area contributed by atoms with Crippen LogP contribution in [0.2, 0.25) is 0 Å². The van der Waals surface area contributed by atoms with Crippen LogP contribution in [0.5, 0.6) is 0 Å². The molecule has 1 unspecified atom stereocenters. The predicted octanol–water partition coefficient (Wildman–Crippen LogP) is 0.201. The van der Waals surface area contributed by atoms with Gasteiger partial charge in [0.1, 0.15) is 6.04 Å². The summed E-state index contributed by atoms with van der Waals surface area (Å²) in [4.78, 5) is 24.9. The molecular weight excluding hydrogens is 246 g/mol. The van der Waals surface area contributed by atoms with Crippen LogP contribution in [0, 0.1) is 6.92 Å². The molecule has 1 atom stereocenters. The molecule has 1 aromatic rings. The minimum absolute atomic E-state index is 0.357. The summed E-state index contributed by atoms with van der Waals surface area (Å²) in [5, 5.41) is 14.7. The zero-order valence-electron chi connectivity index (χ0n) is 9.25. The van der Waals surface area contributed by atoms with E-state index in [2.05, 4.69) is 15.5 Å². The van der Waals surface area contributed by atoms with Crippen molar-refractivity contribution in [3.05, 3.63) is 11.7 Å². The van der Waals surface area contributed by atoms with E-state index in [1.165, 1.54) is 11.8 Å². The van der Waals surface area contributed by atoms with Crippen LogP contribution >= 0.6 is 11.8 Å². The van der Waals surface area contributed by atoms with Crippen LogP contribution < -0.4 is 5.32 Å². The van der Waals surface area contributed by atoms with E-state index >= 15 is 0 Å². The number of amides is 1. The Labute approximate surface area is 102 Å². The molecule has 0 aliphatic carbocycles. The van der Waals surface area contributed by atoms with Crippen molar-refractivity contribution >= 4 is 24.1 Å². The van der Waals surface area contributed by atoms with Crippen LogP contribution in [0.4, 0.5) is 0 Å². The van der Waals surface area contributed by atoms with Crippen molar-refractivity contribution in [2.24, 2.45) is 0 Å². The Hall–Kier alpha value is -1.57. The maximum Gasteiger partial charge on any atom is 0.326 e. The van der Waals surface area contributed by atoms with Gasteiger partial charge < -0.3 is 14.9 Å². The lowest BCUT2D eigenvalue weighted by atomic mass is 10.2. The summed E-state index contributed by atoms with van der Waals surface area (Å²) < 4.78 is 4.79. The standard InChI is InChI=1S/C9H13N3O4S/c1-6-11-8(12-16-6)4-17-3-2-7(9(14)15)10-5-13/h5,7H,2-4H2,1H3,(H,10,13)(H,14,15). The van der Waals surface area contributed by atoms with E-state index in [9.17, 15) is 9.59 Å². The summed E-state index contributed by atoms with van der Waals surface area (Å²) in [5.41, 5.74) is 0. The molecule has 1 heterocycles. The minimum Gasteiger partial charge on any atom is -0.480 e. The van der Waals surface area contributed by atoms with Crippen LogP contribution in [0.1, 0.15) is 18.1 Å². The van der Waals surface area contributed by atoms with Gasteiger partial charge in [0.25, 0.3) is 0 Å². The lowest BCUT2D eigenvalue weighted by molar-refractivity contribution is -0.140. The van der Waals surface area contributed by atoms with E-state index in [1.54, 1.807) is 6.92 Å². The van der Waals surface area contributed by atoms with Gasteiger partial charge in [-0.25, -0.2) is 4.79 Å². The average molecular weight is 259 g/mol. The second kappa shape index (κ2) is 6.89. The number of hydrogen-bond donors (Lipinski definition) is 2. The quantitative estimate of drug-likeness (QED) is 0.507. The molecule has 2 N–H and O–H groups in total. The third-order valence-corrected chi connectivity index (χ3v) is 2.91. The Morgan fingerprint density at radius 3 is 3.00 bits per heavy atom. The van der Waals surface area contributed by atoms with E-state index in [4.69, 9.17) is 9.63 Å². The summed E-state index contributed by atoms with van der Waals surface area (Å²) in [6.45, 7) is 1.70. The molecule has 0 bridgehead atoms. The Bertz CT molecular complexity index is 382. The number of carboxylic acids is 1. The van der Waals surface area contributed by atoms with Gasteiger partial charge in [0.2, 0.25) is 12.3 Å². The van der Waals surface area contributed by atoms with Crippen LogP contribution in [-0.4, -0.2) is 39.4 Å². The van der Waals surface area contributed by atoms with Gasteiger partial charge in [-0.05, 0) is 12.2 Å². The largest absolute Gasteiger partial charge is 0.480 e. The van der Waals surface area contributed by atoms with E-state index in [-0.39, 0.29) is 0 Å². The average Bonchev–Trinajstić information content (AvgIpc) is 2.68. The molecule has 0 saturated carbocycles. The highest BCUT2D eigenvalue weighted by Crippen LogP contribution is 2.11. The number of aryl methyl sites for hydroxylation is 1. The Morgan fingerprint density at radius 2 is 2.47 bits per heavy atom. The third kappa shape index (κ3) is 4.85. The third-order valence-electron chi connectivity index (χ3n) is 1.92. The molecule has 17 heavy (non-hydrogen) atoms. The number of nitrogens with zero attached hydrogens (tertiary/aromatic N) is 2. The maximum atomic E-state index is 10.7. The van der Waals surface area contributed by atoms with E-state index < -0.39 is 12.0 Å². The first kappa shape index (κ1) is 13.5. The summed E-state index contributed by atoms with van der Waals surface area (Å²) in [7, 11) is 0. The van der Waals surface area contributed by atoms with Gasteiger partial charge in [0.15, 0.2) is 5.82 Å². The molecule has 1 amide bonds. The number of rotatable bonds is 8. The fourth-order valence-electron chi connectivity index (χ4n) is 1.12. The fourth-order valence-corrected chi connectivity index (χ4v) is 1.97. The van der Waals surface area contributed by atoms with Crippen molar-refractivity contribution in [2.45, 2.75) is 25.1 Å². The molecular formula is C9H13N3O4S. The minimum atomic E-state index is -1.03. The molecule has 1 rings (SSSR count). The van der Waals surface area contributed by atoms with Gasteiger partial charge in [-0.1, -0.05) is 5.16 Å². The first-order valence-corrected chi connectivity index (χ1v) is 6.08. The molecule has 94 valence electrons. The predicted molar refractivity (Wildman–Crippen MR) is 60.4 cm³/mol. The first-order chi connectivity index (χ1) is 8.13. The van der Waals surface area contributed by atoms with Crippen molar-refractivity contribution in [3.8, 4) is 0 Å². The number of carboxylic acid groups (broad SMARTS) is 1. The summed E-state index contributed by atoms with van der Waals surface area (Å²) >= 11 is 1.49. The van der Waals surface area contributed by atoms with E-state index in [0.717, 1.165) is 0 Å². The van der Waals surface area contributed by atoms with Crippen LogP contribution in [0.3, 0.4) is 0 Å². The molecule has 0 radical (unpaired) electrons. The monoisotopic (exact) mass is 259 g/mol. The van der Waals surface area contributed by atoms with Crippen molar-refractivity contribution in [1.29, 1.82) is 0 Å². The van der Waals surface area contributed by atoms with Crippen molar-refractivity contribution < 1.29 is 19.2 Å². The second-order valence-electron chi connectivity index (χ2n) is 3.25. The highest BCUT2D eigenvalue weighted by atomic mass is 32.2. The maximum absolute atomic E-state index is 10.7. The fraction of sp³-hybridized carbons (Fsp3) is 0.556. The van der Waals surface area contributed by atoms with Crippen LogP contribution in [0.25, 0.3) is 0 Å². The Balaban J connectivity index is 2.22. The van der Waals surface area contributed by atoms with E-state index in [0.29, 0.717) is 36.1 Å². The zero-order chi connectivity index (χ0) is 12.7. The topological polar surface area (TPSA) is 105 Å². The van der Waals surface area contributed by atoms with Gasteiger partial charge in [0.05, 0.1) is 5.75 Å². The normalized spacial score (nSPS) is 12.1. The number of nitrogens with one attached hydrogen (secondary N) is 1. The number of carbonyl (C=O) groups excluding carboxylic acids is 1. The zero-order valence-corrected chi connectivity index (χ0v) is 10.1. The molecule has 8 heteroatoms. The van der Waals surface area contributed by atoms with Gasteiger partial charge in [-0.15, -0.1) is 0 Å². The number of aromatic nitrogens is 2. The summed E-state index contributed by atoms with van der Waals surface area (Å²) in [6, 6.07) is -0.841. The summed E-state index contributed by atoms with van der Waals surface area (Å²) in [6.07, 6.45) is 0.752. The molecule has 0 aliphatic heterocycles. The number of aliphatic carboxylic acids is 1. The molecule has 0 fully saturated rings. The van der Waals surface area contributed by atoms with Gasteiger partial charge in [-0.3, -0.25) is 4.79 Å². The molecule has 0 saturated heterocycles. The second-order valence-corrected chi connectivity index (χ2v) is 4.35. The van der Waals surface area contributed by atoms with Crippen molar-refractivity contribution in [3.63, 3.8) is 0 Å². The van der Waals surface area contributed by atoms with Gasteiger partial charge >= 0.3 is 5.97 Å². The molecule has 0 aromatic carbocycles.